The Bertz CT molecular complexity index is 1210. The summed E-state index contributed by atoms with van der Waals surface area (Å²) in [5.41, 5.74) is 3.54. The molecule has 3 N–H and O–H groups in total. The van der Waals surface area contributed by atoms with Gasteiger partial charge < -0.3 is 16.0 Å². The smallest absolute Gasteiger partial charge is 0.255 e. The average Bonchev–Trinajstić information content (AvgIpc) is 3.17. The van der Waals surface area contributed by atoms with Gasteiger partial charge in [0.2, 0.25) is 5.91 Å². The first-order valence-electron chi connectivity index (χ1n) is 10.00. The Labute approximate surface area is 183 Å². The van der Waals surface area contributed by atoms with E-state index in [1.165, 1.54) is 6.07 Å². The molecule has 1 aromatic heterocycles. The Kier molecular flexibility index (Phi) is 6.21. The van der Waals surface area contributed by atoms with Crippen LogP contribution >= 0.6 is 0 Å². The molecule has 0 bridgehead atoms. The third kappa shape index (κ3) is 4.97. The molecule has 4 rings (SSSR count). The van der Waals surface area contributed by atoms with Crippen LogP contribution in [-0.4, -0.2) is 23.3 Å². The molecule has 0 saturated carbocycles. The van der Waals surface area contributed by atoms with E-state index < -0.39 is 11.6 Å². The zero-order chi connectivity index (χ0) is 22.5. The third-order valence-corrected chi connectivity index (χ3v) is 4.95. The molecular formula is C24H20F2N4O2. The van der Waals surface area contributed by atoms with Gasteiger partial charge in [-0.3, -0.25) is 9.59 Å². The number of fused-ring (bicyclic) bond motifs is 1. The van der Waals surface area contributed by atoms with E-state index in [4.69, 9.17) is 0 Å². The average molecular weight is 434 g/mol. The highest BCUT2D eigenvalue weighted by molar-refractivity contribution is 5.99. The maximum absolute atomic E-state index is 13.3. The number of anilines is 2. The number of benzene rings is 2. The van der Waals surface area contributed by atoms with Gasteiger partial charge >= 0.3 is 0 Å². The summed E-state index contributed by atoms with van der Waals surface area (Å²) in [4.78, 5) is 28.2. The standard InChI is InChI=1S/C24H20F2N4O2/c25-19-8-6-16(11-20(19)26)14-29-24(32)18-4-2-10-28-23(18)27-9-1-3-15-5-7-17-13-22(31)30-21(17)12-15/h1-8,10-12H,9,13-14H2,(H,27,28)(H,29,32)(H,30,31)/b3-1+. The number of rotatable bonds is 7. The summed E-state index contributed by atoms with van der Waals surface area (Å²) in [5, 5.41) is 8.61. The van der Waals surface area contributed by atoms with Crippen LogP contribution in [0.25, 0.3) is 6.08 Å². The van der Waals surface area contributed by atoms with E-state index in [1.807, 2.05) is 30.4 Å². The number of halogens is 2. The van der Waals surface area contributed by atoms with Gasteiger partial charge in [-0.15, -0.1) is 0 Å². The maximum atomic E-state index is 13.3. The van der Waals surface area contributed by atoms with Crippen molar-refractivity contribution in [2.75, 3.05) is 17.2 Å². The molecule has 0 aliphatic carbocycles. The minimum atomic E-state index is -0.960. The largest absolute Gasteiger partial charge is 0.366 e. The van der Waals surface area contributed by atoms with Crippen LogP contribution in [0, 0.1) is 11.6 Å². The molecule has 0 saturated heterocycles. The summed E-state index contributed by atoms with van der Waals surface area (Å²) in [5.74, 6) is -1.88. The minimum Gasteiger partial charge on any atom is -0.366 e. The fourth-order valence-corrected chi connectivity index (χ4v) is 3.34. The van der Waals surface area contributed by atoms with Crippen molar-refractivity contribution < 1.29 is 18.4 Å². The molecule has 1 aliphatic rings. The normalized spacial score (nSPS) is 12.5. The molecule has 8 heteroatoms. The number of nitrogens with zero attached hydrogens (tertiary/aromatic N) is 1. The second-order valence-electron chi connectivity index (χ2n) is 7.26. The van der Waals surface area contributed by atoms with Gasteiger partial charge in [-0.1, -0.05) is 30.4 Å². The van der Waals surface area contributed by atoms with Crippen molar-refractivity contribution in [3.8, 4) is 0 Å². The summed E-state index contributed by atoms with van der Waals surface area (Å²) in [6.07, 6.45) is 5.77. The fourth-order valence-electron chi connectivity index (χ4n) is 3.34. The summed E-state index contributed by atoms with van der Waals surface area (Å²) in [6, 6.07) is 12.5. The third-order valence-electron chi connectivity index (χ3n) is 4.95. The lowest BCUT2D eigenvalue weighted by Gasteiger charge is -2.10. The monoisotopic (exact) mass is 434 g/mol. The maximum Gasteiger partial charge on any atom is 0.255 e. The fraction of sp³-hybridized carbons (Fsp3) is 0.125. The van der Waals surface area contributed by atoms with Crippen molar-refractivity contribution in [2.45, 2.75) is 13.0 Å². The van der Waals surface area contributed by atoms with E-state index in [0.29, 0.717) is 29.9 Å². The molecule has 0 spiro atoms. The van der Waals surface area contributed by atoms with Crippen molar-refractivity contribution in [3.05, 3.63) is 94.7 Å². The molecule has 2 heterocycles. The number of nitrogens with one attached hydrogen (secondary N) is 3. The van der Waals surface area contributed by atoms with E-state index in [9.17, 15) is 18.4 Å². The second-order valence-corrected chi connectivity index (χ2v) is 7.26. The van der Waals surface area contributed by atoms with Gasteiger partial charge in [-0.25, -0.2) is 13.8 Å². The minimum absolute atomic E-state index is 0.00619. The van der Waals surface area contributed by atoms with Crippen LogP contribution in [0.5, 0.6) is 0 Å². The first-order chi connectivity index (χ1) is 15.5. The summed E-state index contributed by atoms with van der Waals surface area (Å²) in [7, 11) is 0. The highest BCUT2D eigenvalue weighted by Gasteiger charge is 2.17. The van der Waals surface area contributed by atoms with E-state index >= 15 is 0 Å². The molecule has 2 amide bonds. The van der Waals surface area contributed by atoms with Crippen LogP contribution < -0.4 is 16.0 Å². The molecule has 6 nitrogen and oxygen atoms in total. The van der Waals surface area contributed by atoms with Gasteiger partial charge in [-0.2, -0.15) is 0 Å². The Balaban J connectivity index is 1.35. The Morgan fingerprint density at radius 3 is 2.84 bits per heavy atom. The lowest BCUT2D eigenvalue weighted by atomic mass is 10.1. The van der Waals surface area contributed by atoms with Gasteiger partial charge in [0.15, 0.2) is 11.6 Å². The van der Waals surface area contributed by atoms with Crippen molar-refractivity contribution in [2.24, 2.45) is 0 Å². The molecule has 0 unspecified atom stereocenters. The van der Waals surface area contributed by atoms with E-state index in [0.717, 1.165) is 28.9 Å². The van der Waals surface area contributed by atoms with E-state index in [-0.39, 0.29) is 18.4 Å². The zero-order valence-electron chi connectivity index (χ0n) is 17.0. The van der Waals surface area contributed by atoms with Crippen molar-refractivity contribution in [1.29, 1.82) is 0 Å². The Hall–Kier alpha value is -4.07. The van der Waals surface area contributed by atoms with Crippen LogP contribution in [0.2, 0.25) is 0 Å². The van der Waals surface area contributed by atoms with Crippen molar-refractivity contribution in [1.82, 2.24) is 10.3 Å². The van der Waals surface area contributed by atoms with Gasteiger partial charge in [-0.05, 0) is 47.0 Å². The molecule has 0 fully saturated rings. The van der Waals surface area contributed by atoms with Gasteiger partial charge in [0.1, 0.15) is 5.82 Å². The van der Waals surface area contributed by atoms with Crippen molar-refractivity contribution in [3.63, 3.8) is 0 Å². The lowest BCUT2D eigenvalue weighted by molar-refractivity contribution is -0.115. The van der Waals surface area contributed by atoms with Crippen LogP contribution in [0.1, 0.15) is 27.0 Å². The Morgan fingerprint density at radius 2 is 2.00 bits per heavy atom. The van der Waals surface area contributed by atoms with Crippen LogP contribution in [-0.2, 0) is 17.8 Å². The molecule has 32 heavy (non-hydrogen) atoms. The summed E-state index contributed by atoms with van der Waals surface area (Å²) in [6.45, 7) is 0.475. The second kappa shape index (κ2) is 9.38. The number of hydrogen-bond acceptors (Lipinski definition) is 4. The van der Waals surface area contributed by atoms with Crippen LogP contribution in [0.4, 0.5) is 20.3 Å². The Morgan fingerprint density at radius 1 is 1.12 bits per heavy atom. The molecule has 2 aromatic carbocycles. The van der Waals surface area contributed by atoms with Gasteiger partial charge in [0, 0.05) is 25.0 Å². The molecule has 162 valence electrons. The molecule has 3 aromatic rings. The molecule has 0 radical (unpaired) electrons. The van der Waals surface area contributed by atoms with Gasteiger partial charge in [0.25, 0.3) is 5.91 Å². The molecule has 0 atom stereocenters. The number of carbonyl (C=O) groups is 2. The highest BCUT2D eigenvalue weighted by Crippen LogP contribution is 2.24. The summed E-state index contributed by atoms with van der Waals surface area (Å²) < 4.78 is 26.4. The van der Waals surface area contributed by atoms with Crippen molar-refractivity contribution >= 4 is 29.4 Å². The predicted octanol–water partition coefficient (Wildman–Crippen LogP) is 3.91. The predicted molar refractivity (Wildman–Crippen MR) is 118 cm³/mol. The quantitative estimate of drug-likeness (QED) is 0.527. The molecular weight excluding hydrogens is 414 g/mol. The number of aromatic nitrogens is 1. The zero-order valence-corrected chi connectivity index (χ0v) is 17.0. The topological polar surface area (TPSA) is 83.1 Å². The number of hydrogen-bond donors (Lipinski definition) is 3. The van der Waals surface area contributed by atoms with Crippen LogP contribution in [0.15, 0.2) is 60.8 Å². The van der Waals surface area contributed by atoms with Gasteiger partial charge in [0.05, 0.1) is 12.0 Å². The summed E-state index contributed by atoms with van der Waals surface area (Å²) >= 11 is 0. The van der Waals surface area contributed by atoms with E-state index in [1.54, 1.807) is 18.3 Å². The number of carbonyl (C=O) groups excluding carboxylic acids is 2. The van der Waals surface area contributed by atoms with E-state index in [2.05, 4.69) is 20.9 Å². The van der Waals surface area contributed by atoms with Crippen LogP contribution in [0.3, 0.4) is 0 Å². The lowest BCUT2D eigenvalue weighted by Crippen LogP contribution is -2.24. The first-order valence-corrected chi connectivity index (χ1v) is 10.00. The number of pyridine rings is 1. The SMILES string of the molecule is O=C1Cc2ccc(/C=C/CNc3ncccc3C(=O)NCc3ccc(F)c(F)c3)cc2N1. The first kappa shape index (κ1) is 21.2. The molecule has 1 aliphatic heterocycles. The highest BCUT2D eigenvalue weighted by atomic mass is 19.2. The number of amides is 2.